The number of hydrogen-bond donors (Lipinski definition) is 1. The van der Waals surface area contributed by atoms with E-state index in [2.05, 4.69) is 33.0 Å². The average Bonchev–Trinajstić information content (AvgIpc) is 2.35. The Labute approximate surface area is 131 Å². The van der Waals surface area contributed by atoms with Gasteiger partial charge in [-0.15, -0.1) is 0 Å². The minimum atomic E-state index is 0.512. The van der Waals surface area contributed by atoms with Gasteiger partial charge in [0, 0.05) is 24.1 Å². The predicted octanol–water partition coefficient (Wildman–Crippen LogP) is 4.38. The first-order valence-corrected chi connectivity index (χ1v) is 9.44. The molecule has 3 rings (SSSR count). The van der Waals surface area contributed by atoms with E-state index in [1.807, 2.05) is 0 Å². The molecule has 1 N–H and O–H groups in total. The topological polar surface area (TPSA) is 21.3 Å². The lowest BCUT2D eigenvalue weighted by atomic mass is 9.50. The molecule has 3 aliphatic rings. The van der Waals surface area contributed by atoms with Gasteiger partial charge in [0.1, 0.15) is 0 Å². The van der Waals surface area contributed by atoms with E-state index in [-0.39, 0.29) is 0 Å². The summed E-state index contributed by atoms with van der Waals surface area (Å²) < 4.78 is 6.01. The van der Waals surface area contributed by atoms with Crippen LogP contribution in [0.3, 0.4) is 0 Å². The van der Waals surface area contributed by atoms with E-state index >= 15 is 0 Å². The highest BCUT2D eigenvalue weighted by Crippen LogP contribution is 2.57. The van der Waals surface area contributed by atoms with Crippen molar-refractivity contribution in [1.29, 1.82) is 0 Å². The highest BCUT2D eigenvalue weighted by Gasteiger charge is 2.59. The van der Waals surface area contributed by atoms with Gasteiger partial charge in [-0.3, -0.25) is 0 Å². The van der Waals surface area contributed by atoms with Gasteiger partial charge in [-0.2, -0.15) is 0 Å². The third-order valence-electron chi connectivity index (χ3n) is 6.87. The van der Waals surface area contributed by atoms with Gasteiger partial charge in [-0.05, 0) is 56.8 Å². The van der Waals surface area contributed by atoms with E-state index in [1.54, 1.807) is 0 Å². The fourth-order valence-corrected chi connectivity index (χ4v) is 5.32. The van der Waals surface area contributed by atoms with Crippen LogP contribution in [0.5, 0.6) is 0 Å². The van der Waals surface area contributed by atoms with Gasteiger partial charge >= 0.3 is 0 Å². The Morgan fingerprint density at radius 2 is 1.95 bits per heavy atom. The summed E-state index contributed by atoms with van der Waals surface area (Å²) in [5.74, 6) is 2.59. The van der Waals surface area contributed by atoms with Gasteiger partial charge in [0.25, 0.3) is 0 Å². The lowest BCUT2D eigenvalue weighted by Gasteiger charge is -2.62. The van der Waals surface area contributed by atoms with Crippen LogP contribution in [-0.4, -0.2) is 24.8 Å². The summed E-state index contributed by atoms with van der Waals surface area (Å²) in [5.41, 5.74) is 0.512. The van der Waals surface area contributed by atoms with Gasteiger partial charge in [0.05, 0.1) is 6.10 Å². The molecule has 21 heavy (non-hydrogen) atoms. The van der Waals surface area contributed by atoms with Crippen molar-refractivity contribution in [1.82, 2.24) is 5.32 Å². The molecule has 2 nitrogen and oxygen atoms in total. The smallest absolute Gasteiger partial charge is 0.0661 e. The summed E-state index contributed by atoms with van der Waals surface area (Å²) >= 11 is 0. The van der Waals surface area contributed by atoms with Crippen LogP contribution in [0.25, 0.3) is 0 Å². The maximum atomic E-state index is 6.01. The molecule has 0 aromatic heterocycles. The second kappa shape index (κ2) is 6.20. The molecule has 5 unspecified atom stereocenters. The summed E-state index contributed by atoms with van der Waals surface area (Å²) in [4.78, 5) is 0. The van der Waals surface area contributed by atoms with Gasteiger partial charge in [0.15, 0.2) is 0 Å². The monoisotopic (exact) mass is 293 g/mol. The van der Waals surface area contributed by atoms with Crippen LogP contribution < -0.4 is 5.32 Å². The zero-order valence-corrected chi connectivity index (χ0v) is 14.5. The molecular weight excluding hydrogens is 258 g/mol. The van der Waals surface area contributed by atoms with Crippen molar-refractivity contribution in [3.63, 3.8) is 0 Å². The second-order valence-electron chi connectivity index (χ2n) is 8.42. The van der Waals surface area contributed by atoms with Crippen molar-refractivity contribution in [2.24, 2.45) is 23.2 Å². The van der Waals surface area contributed by atoms with Crippen LogP contribution in [0.4, 0.5) is 0 Å². The molecule has 3 saturated carbocycles. The van der Waals surface area contributed by atoms with Crippen LogP contribution in [0.1, 0.15) is 72.6 Å². The van der Waals surface area contributed by atoms with Crippen molar-refractivity contribution in [2.45, 2.75) is 90.8 Å². The van der Waals surface area contributed by atoms with Crippen LogP contribution in [0.2, 0.25) is 0 Å². The molecule has 0 radical (unpaired) electrons. The maximum Gasteiger partial charge on any atom is 0.0661 e. The standard InChI is InChI=1S/C19H35NO/c1-5-21-18-12-17(19(18)9-6-10-19)20-16-11-14(4)7-8-15(16)13(2)3/h13-18,20H,5-12H2,1-4H3. The van der Waals surface area contributed by atoms with Crippen molar-refractivity contribution in [2.75, 3.05) is 6.61 Å². The fraction of sp³-hybridized carbons (Fsp3) is 1.00. The third kappa shape index (κ3) is 2.79. The SMILES string of the molecule is CCOC1CC(NC2CC(C)CCC2C(C)C)C12CCC2. The van der Waals surface area contributed by atoms with Crippen LogP contribution in [-0.2, 0) is 4.74 Å². The van der Waals surface area contributed by atoms with E-state index in [0.717, 1.165) is 36.4 Å². The minimum Gasteiger partial charge on any atom is -0.378 e. The summed E-state index contributed by atoms with van der Waals surface area (Å²) in [7, 11) is 0. The van der Waals surface area contributed by atoms with Crippen molar-refractivity contribution >= 4 is 0 Å². The van der Waals surface area contributed by atoms with Crippen LogP contribution in [0, 0.1) is 23.2 Å². The zero-order chi connectivity index (χ0) is 15.0. The van der Waals surface area contributed by atoms with Gasteiger partial charge < -0.3 is 10.1 Å². The Hall–Kier alpha value is -0.0800. The molecule has 3 aliphatic carbocycles. The minimum absolute atomic E-state index is 0.512. The normalized spacial score (nSPS) is 41.9. The second-order valence-corrected chi connectivity index (χ2v) is 8.42. The van der Waals surface area contributed by atoms with Crippen LogP contribution in [0.15, 0.2) is 0 Å². The molecule has 3 fully saturated rings. The van der Waals surface area contributed by atoms with E-state index in [9.17, 15) is 0 Å². The molecule has 0 heterocycles. The molecule has 0 aromatic rings. The molecule has 2 heteroatoms. The Bertz CT molecular complexity index is 349. The highest BCUT2D eigenvalue weighted by molar-refractivity contribution is 5.13. The molecule has 1 spiro atoms. The van der Waals surface area contributed by atoms with E-state index < -0.39 is 0 Å². The van der Waals surface area contributed by atoms with E-state index in [0.29, 0.717) is 11.5 Å². The molecule has 5 atom stereocenters. The zero-order valence-electron chi connectivity index (χ0n) is 14.5. The summed E-state index contributed by atoms with van der Waals surface area (Å²) in [6.45, 7) is 10.3. The van der Waals surface area contributed by atoms with Crippen molar-refractivity contribution in [3.8, 4) is 0 Å². The Morgan fingerprint density at radius 3 is 2.52 bits per heavy atom. The molecule has 0 saturated heterocycles. The van der Waals surface area contributed by atoms with Crippen LogP contribution >= 0.6 is 0 Å². The van der Waals surface area contributed by atoms with E-state index in [4.69, 9.17) is 4.74 Å². The molecular formula is C19H35NO. The molecule has 0 aromatic carbocycles. The molecule has 0 bridgehead atoms. The molecule has 0 aliphatic heterocycles. The highest BCUT2D eigenvalue weighted by atomic mass is 16.5. The number of nitrogens with one attached hydrogen (secondary N) is 1. The van der Waals surface area contributed by atoms with Gasteiger partial charge in [-0.25, -0.2) is 0 Å². The Morgan fingerprint density at radius 1 is 1.19 bits per heavy atom. The molecule has 122 valence electrons. The summed E-state index contributed by atoms with van der Waals surface area (Å²) in [5, 5.41) is 4.12. The largest absolute Gasteiger partial charge is 0.378 e. The lowest BCUT2D eigenvalue weighted by Crippen LogP contribution is -2.69. The quantitative estimate of drug-likeness (QED) is 0.812. The fourth-order valence-electron chi connectivity index (χ4n) is 5.32. The number of hydrogen-bond acceptors (Lipinski definition) is 2. The predicted molar refractivity (Wildman–Crippen MR) is 88.4 cm³/mol. The van der Waals surface area contributed by atoms with Crippen molar-refractivity contribution in [3.05, 3.63) is 0 Å². The number of ether oxygens (including phenoxy) is 1. The third-order valence-corrected chi connectivity index (χ3v) is 6.87. The first kappa shape index (κ1) is 15.8. The molecule has 0 amide bonds. The first-order valence-electron chi connectivity index (χ1n) is 9.44. The number of rotatable bonds is 5. The van der Waals surface area contributed by atoms with E-state index in [1.165, 1.54) is 44.9 Å². The lowest BCUT2D eigenvalue weighted by molar-refractivity contribution is -0.177. The average molecular weight is 293 g/mol. The van der Waals surface area contributed by atoms with Crippen molar-refractivity contribution < 1.29 is 4.74 Å². The Kier molecular flexibility index (Phi) is 4.66. The maximum absolute atomic E-state index is 6.01. The summed E-state index contributed by atoms with van der Waals surface area (Å²) in [6, 6.07) is 1.48. The summed E-state index contributed by atoms with van der Waals surface area (Å²) in [6.07, 6.45) is 10.2. The first-order chi connectivity index (χ1) is 10.1. The van der Waals surface area contributed by atoms with Gasteiger partial charge in [0.2, 0.25) is 0 Å². The van der Waals surface area contributed by atoms with Gasteiger partial charge in [-0.1, -0.05) is 33.6 Å². The Balaban J connectivity index is 1.62.